The SMILES string of the molecule is C[C@@H]1O[C@@H](OCC2O[C@@H](O)[C@@H](O)[C@@H](O)[C@@H]2O)[C@H](O)[C@H](O)[C@H]1O. The first kappa shape index (κ1) is 17.9. The van der Waals surface area contributed by atoms with Crippen LogP contribution in [-0.4, -0.2) is 104 Å². The Balaban J connectivity index is 1.92. The van der Waals surface area contributed by atoms with Crippen molar-refractivity contribution in [3.05, 3.63) is 0 Å². The van der Waals surface area contributed by atoms with Crippen LogP contribution in [0.25, 0.3) is 0 Å². The number of rotatable bonds is 3. The lowest BCUT2D eigenvalue weighted by Crippen LogP contribution is -2.60. The van der Waals surface area contributed by atoms with E-state index in [0.29, 0.717) is 0 Å². The Hall–Kier alpha value is -0.400. The van der Waals surface area contributed by atoms with Gasteiger partial charge in [-0.25, -0.2) is 0 Å². The third-order valence-electron chi connectivity index (χ3n) is 3.92. The van der Waals surface area contributed by atoms with Gasteiger partial charge in [-0.3, -0.25) is 0 Å². The summed E-state index contributed by atoms with van der Waals surface area (Å²) in [6, 6.07) is 0. The van der Waals surface area contributed by atoms with Crippen molar-refractivity contribution in [3.63, 3.8) is 0 Å². The van der Waals surface area contributed by atoms with Crippen molar-refractivity contribution in [2.75, 3.05) is 6.61 Å². The highest BCUT2D eigenvalue weighted by atomic mass is 16.7. The molecule has 0 amide bonds. The topological polar surface area (TPSA) is 169 Å². The van der Waals surface area contributed by atoms with Gasteiger partial charge in [0, 0.05) is 0 Å². The molecule has 0 aliphatic carbocycles. The van der Waals surface area contributed by atoms with Crippen LogP contribution in [-0.2, 0) is 14.2 Å². The molecule has 0 spiro atoms. The van der Waals surface area contributed by atoms with Gasteiger partial charge in [0.2, 0.25) is 0 Å². The third-order valence-corrected chi connectivity index (χ3v) is 3.92. The molecule has 22 heavy (non-hydrogen) atoms. The molecule has 10 heteroatoms. The summed E-state index contributed by atoms with van der Waals surface area (Å²) >= 11 is 0. The second kappa shape index (κ2) is 7.01. The summed E-state index contributed by atoms with van der Waals surface area (Å²) in [5, 5.41) is 67.0. The fourth-order valence-corrected chi connectivity index (χ4v) is 2.41. The van der Waals surface area contributed by atoms with E-state index < -0.39 is 61.4 Å². The third kappa shape index (κ3) is 3.41. The van der Waals surface area contributed by atoms with Gasteiger partial charge >= 0.3 is 0 Å². The van der Waals surface area contributed by atoms with Gasteiger partial charge in [0.15, 0.2) is 12.6 Å². The number of hydrogen-bond donors (Lipinski definition) is 7. The molecule has 0 bridgehead atoms. The second-order valence-electron chi connectivity index (χ2n) is 5.55. The number of aliphatic hydroxyl groups is 7. The van der Waals surface area contributed by atoms with Crippen LogP contribution >= 0.6 is 0 Å². The van der Waals surface area contributed by atoms with Gasteiger partial charge in [0.05, 0.1) is 12.7 Å². The van der Waals surface area contributed by atoms with Gasteiger partial charge < -0.3 is 50.0 Å². The highest BCUT2D eigenvalue weighted by Gasteiger charge is 2.45. The maximum atomic E-state index is 9.76. The monoisotopic (exact) mass is 326 g/mol. The van der Waals surface area contributed by atoms with E-state index in [1.54, 1.807) is 0 Å². The number of hydrogen-bond acceptors (Lipinski definition) is 10. The lowest BCUT2D eigenvalue weighted by atomic mass is 9.99. The van der Waals surface area contributed by atoms with Crippen molar-refractivity contribution < 1.29 is 50.0 Å². The largest absolute Gasteiger partial charge is 0.388 e. The van der Waals surface area contributed by atoms with Gasteiger partial charge in [-0.15, -0.1) is 0 Å². The Morgan fingerprint density at radius 2 is 1.32 bits per heavy atom. The molecule has 2 aliphatic rings. The Bertz CT molecular complexity index is 334. The molecule has 1 unspecified atom stereocenters. The van der Waals surface area contributed by atoms with Crippen molar-refractivity contribution in [3.8, 4) is 0 Å². The molecule has 10 atom stereocenters. The molecule has 2 heterocycles. The molecule has 0 aromatic rings. The van der Waals surface area contributed by atoms with E-state index >= 15 is 0 Å². The zero-order valence-electron chi connectivity index (χ0n) is 11.8. The van der Waals surface area contributed by atoms with Gasteiger partial charge in [-0.05, 0) is 6.92 Å². The molecule has 10 nitrogen and oxygen atoms in total. The van der Waals surface area contributed by atoms with Gasteiger partial charge in [-0.1, -0.05) is 0 Å². The van der Waals surface area contributed by atoms with Crippen molar-refractivity contribution in [2.45, 2.75) is 68.3 Å². The van der Waals surface area contributed by atoms with E-state index in [2.05, 4.69) is 0 Å². The molecule has 7 N–H and O–H groups in total. The van der Waals surface area contributed by atoms with Gasteiger partial charge in [0.1, 0.15) is 42.7 Å². The maximum absolute atomic E-state index is 9.76. The first-order valence-corrected chi connectivity index (χ1v) is 6.93. The summed E-state index contributed by atoms with van der Waals surface area (Å²) in [5.74, 6) is 0. The van der Waals surface area contributed by atoms with E-state index in [0.717, 1.165) is 0 Å². The zero-order valence-corrected chi connectivity index (χ0v) is 11.8. The minimum Gasteiger partial charge on any atom is -0.388 e. The summed E-state index contributed by atoms with van der Waals surface area (Å²) in [6.45, 7) is 1.09. The lowest BCUT2D eigenvalue weighted by molar-refractivity contribution is -0.322. The summed E-state index contributed by atoms with van der Waals surface area (Å²) in [4.78, 5) is 0. The highest BCUT2D eigenvalue weighted by Crippen LogP contribution is 2.24. The molecular formula is C12H22O10. The molecule has 2 saturated heterocycles. The predicted molar refractivity (Wildman–Crippen MR) is 67.2 cm³/mol. The minimum absolute atomic E-state index is 0.390. The van der Waals surface area contributed by atoms with E-state index in [-0.39, 0.29) is 6.61 Å². The molecule has 2 aliphatic heterocycles. The summed E-state index contributed by atoms with van der Waals surface area (Å²) in [6.07, 6.45) is -14.0. The van der Waals surface area contributed by atoms with Crippen LogP contribution in [0.1, 0.15) is 6.92 Å². The summed E-state index contributed by atoms with van der Waals surface area (Å²) in [5.41, 5.74) is 0. The highest BCUT2D eigenvalue weighted by molar-refractivity contribution is 4.90. The molecule has 0 radical (unpaired) electrons. The first-order valence-electron chi connectivity index (χ1n) is 6.93. The van der Waals surface area contributed by atoms with Crippen molar-refractivity contribution in [1.82, 2.24) is 0 Å². The van der Waals surface area contributed by atoms with Crippen LogP contribution in [0.2, 0.25) is 0 Å². The minimum atomic E-state index is -1.70. The number of aliphatic hydroxyl groups excluding tert-OH is 7. The standard InChI is InChI=1S/C12H22O10/c1-3-5(13)7(15)10(18)12(21-3)20-2-4-6(14)8(16)9(17)11(19)22-4/h3-19H,2H2,1H3/t3-,4?,5-,6+,7+,8-,9-,10+,11+,12+/m0/s1. The van der Waals surface area contributed by atoms with E-state index in [1.807, 2.05) is 0 Å². The van der Waals surface area contributed by atoms with E-state index in [1.165, 1.54) is 6.92 Å². The predicted octanol–water partition coefficient (Wildman–Crippen LogP) is -4.37. The fraction of sp³-hybridized carbons (Fsp3) is 1.00. The Labute approximate surface area is 126 Å². The van der Waals surface area contributed by atoms with Crippen molar-refractivity contribution >= 4 is 0 Å². The van der Waals surface area contributed by atoms with Crippen LogP contribution < -0.4 is 0 Å². The molecule has 0 saturated carbocycles. The van der Waals surface area contributed by atoms with Crippen LogP contribution in [0.5, 0.6) is 0 Å². The van der Waals surface area contributed by atoms with Crippen molar-refractivity contribution in [1.29, 1.82) is 0 Å². The van der Waals surface area contributed by atoms with Gasteiger partial charge in [-0.2, -0.15) is 0 Å². The Kier molecular flexibility index (Phi) is 5.72. The van der Waals surface area contributed by atoms with Crippen LogP contribution in [0.15, 0.2) is 0 Å². The van der Waals surface area contributed by atoms with Crippen LogP contribution in [0, 0.1) is 0 Å². The molecule has 130 valence electrons. The molecule has 2 rings (SSSR count). The Morgan fingerprint density at radius 3 is 1.95 bits per heavy atom. The van der Waals surface area contributed by atoms with Crippen LogP contribution in [0.4, 0.5) is 0 Å². The normalized spacial score (nSPS) is 53.5. The molecular weight excluding hydrogens is 304 g/mol. The van der Waals surface area contributed by atoms with E-state index in [4.69, 9.17) is 14.2 Å². The average molecular weight is 326 g/mol. The smallest absolute Gasteiger partial charge is 0.186 e. The quantitative estimate of drug-likeness (QED) is 0.269. The van der Waals surface area contributed by atoms with E-state index in [9.17, 15) is 35.7 Å². The summed E-state index contributed by atoms with van der Waals surface area (Å²) < 4.78 is 15.3. The van der Waals surface area contributed by atoms with Crippen molar-refractivity contribution in [2.24, 2.45) is 0 Å². The molecule has 2 fully saturated rings. The molecule has 0 aromatic carbocycles. The Morgan fingerprint density at radius 1 is 0.727 bits per heavy atom. The first-order chi connectivity index (χ1) is 10.2. The molecule has 0 aromatic heterocycles. The van der Waals surface area contributed by atoms with Crippen LogP contribution in [0.3, 0.4) is 0 Å². The zero-order chi connectivity index (χ0) is 16.6. The lowest BCUT2D eigenvalue weighted by Gasteiger charge is -2.41. The maximum Gasteiger partial charge on any atom is 0.186 e. The summed E-state index contributed by atoms with van der Waals surface area (Å²) in [7, 11) is 0. The average Bonchev–Trinajstić information content (AvgIpc) is 2.49. The second-order valence-corrected chi connectivity index (χ2v) is 5.55. The van der Waals surface area contributed by atoms with Gasteiger partial charge in [0.25, 0.3) is 0 Å². The number of ether oxygens (including phenoxy) is 3. The fourth-order valence-electron chi connectivity index (χ4n) is 2.41.